The summed E-state index contributed by atoms with van der Waals surface area (Å²) in [5, 5.41) is 0.483. The van der Waals surface area contributed by atoms with E-state index in [0.29, 0.717) is 22.6 Å². The van der Waals surface area contributed by atoms with Crippen LogP contribution in [0.3, 0.4) is 0 Å². The third-order valence-corrected chi connectivity index (χ3v) is 3.00. The molecule has 0 aliphatic carbocycles. The van der Waals surface area contributed by atoms with E-state index in [1.807, 2.05) is 0 Å². The first-order valence-electron chi connectivity index (χ1n) is 4.36. The van der Waals surface area contributed by atoms with Gasteiger partial charge in [-0.2, -0.15) is 0 Å². The van der Waals surface area contributed by atoms with E-state index in [9.17, 15) is 9.59 Å². The number of hydrogen-bond acceptors (Lipinski definition) is 3. The molecule has 0 N–H and O–H groups in total. The third kappa shape index (κ3) is 1.73. The number of carbonyl (C=O) groups excluding carboxylic acids is 2. The Bertz CT molecular complexity index is 433. The summed E-state index contributed by atoms with van der Waals surface area (Å²) in [6.45, 7) is 0. The van der Waals surface area contributed by atoms with Gasteiger partial charge in [-0.1, -0.05) is 11.6 Å². The highest BCUT2D eigenvalue weighted by atomic mass is 35.5. The predicted octanol–water partition coefficient (Wildman–Crippen LogP) is 2.45. The molecule has 0 saturated heterocycles. The second kappa shape index (κ2) is 3.83. The number of halogens is 2. The van der Waals surface area contributed by atoms with Crippen LogP contribution < -0.4 is 4.42 Å². The largest absolute Gasteiger partial charge is 0.301 e. The lowest BCUT2D eigenvalue weighted by atomic mass is 9.97. The maximum Gasteiger partial charge on any atom is 0.167 e. The van der Waals surface area contributed by atoms with Crippen molar-refractivity contribution in [1.29, 1.82) is 0 Å². The summed E-state index contributed by atoms with van der Waals surface area (Å²) in [6, 6.07) is 4.25. The van der Waals surface area contributed by atoms with Crippen molar-refractivity contribution in [2.24, 2.45) is 0 Å². The van der Waals surface area contributed by atoms with Gasteiger partial charge in [0, 0.05) is 28.8 Å². The van der Waals surface area contributed by atoms with Crippen LogP contribution in [0.4, 0.5) is 5.69 Å². The zero-order valence-electron chi connectivity index (χ0n) is 7.61. The quantitative estimate of drug-likeness (QED) is 0.562. The second-order valence-corrected chi connectivity index (χ2v) is 4.10. The van der Waals surface area contributed by atoms with Crippen LogP contribution in [0.5, 0.6) is 0 Å². The first-order valence-corrected chi connectivity index (χ1v) is 5.08. The Morgan fingerprint density at radius 2 is 2.20 bits per heavy atom. The standard InChI is InChI=1S/C10H7Cl2NO2/c11-6-1-2-9-8(3-6)10(15)4-7(5-14)13(9)12/h1-3,5,7H,4H2. The number of aldehydes is 1. The fraction of sp³-hybridized carbons (Fsp3) is 0.200. The van der Waals surface area contributed by atoms with E-state index in [2.05, 4.69) is 0 Å². The normalized spacial score (nSPS) is 20.0. The molecule has 5 heteroatoms. The molecule has 0 spiro atoms. The Labute approximate surface area is 96.7 Å². The van der Waals surface area contributed by atoms with E-state index in [0.717, 1.165) is 0 Å². The van der Waals surface area contributed by atoms with Crippen LogP contribution in [-0.2, 0) is 4.79 Å². The highest BCUT2D eigenvalue weighted by Gasteiger charge is 2.30. The molecule has 0 radical (unpaired) electrons. The zero-order valence-corrected chi connectivity index (χ0v) is 9.13. The maximum absolute atomic E-state index is 11.6. The van der Waals surface area contributed by atoms with Crippen molar-refractivity contribution in [2.45, 2.75) is 12.5 Å². The van der Waals surface area contributed by atoms with Gasteiger partial charge in [0.15, 0.2) is 5.78 Å². The number of anilines is 1. The van der Waals surface area contributed by atoms with Crippen molar-refractivity contribution in [3.05, 3.63) is 28.8 Å². The lowest BCUT2D eigenvalue weighted by Crippen LogP contribution is -2.36. The maximum atomic E-state index is 11.6. The van der Waals surface area contributed by atoms with Gasteiger partial charge in [-0.15, -0.1) is 0 Å². The SMILES string of the molecule is O=CC1CC(=O)c2cc(Cl)ccc2N1Cl. The van der Waals surface area contributed by atoms with Crippen molar-refractivity contribution in [3.8, 4) is 0 Å². The molecule has 0 amide bonds. The molecule has 1 unspecified atom stereocenters. The number of nitrogens with zero attached hydrogens (tertiary/aromatic N) is 1. The van der Waals surface area contributed by atoms with Gasteiger partial charge in [0.25, 0.3) is 0 Å². The van der Waals surface area contributed by atoms with E-state index in [-0.39, 0.29) is 12.2 Å². The van der Waals surface area contributed by atoms with E-state index in [1.165, 1.54) is 4.42 Å². The fourth-order valence-corrected chi connectivity index (χ4v) is 2.01. The minimum atomic E-state index is -0.590. The Kier molecular flexibility index (Phi) is 2.67. The Balaban J connectivity index is 2.53. The molecule has 1 aliphatic heterocycles. The van der Waals surface area contributed by atoms with Crippen molar-refractivity contribution in [3.63, 3.8) is 0 Å². The van der Waals surface area contributed by atoms with Gasteiger partial charge in [0.2, 0.25) is 0 Å². The first kappa shape index (κ1) is 10.5. The molecular formula is C10H7Cl2NO2. The minimum absolute atomic E-state index is 0.0976. The molecular weight excluding hydrogens is 237 g/mol. The van der Waals surface area contributed by atoms with Crippen LogP contribution in [0.25, 0.3) is 0 Å². The third-order valence-electron chi connectivity index (χ3n) is 2.33. The molecule has 1 heterocycles. The summed E-state index contributed by atoms with van der Waals surface area (Å²) in [6.07, 6.45) is 0.767. The number of benzene rings is 1. The smallest absolute Gasteiger partial charge is 0.167 e. The average Bonchev–Trinajstić information content (AvgIpc) is 2.23. The molecule has 1 atom stereocenters. The van der Waals surface area contributed by atoms with E-state index in [1.54, 1.807) is 18.2 Å². The van der Waals surface area contributed by atoms with Gasteiger partial charge in [-0.05, 0) is 18.2 Å². The summed E-state index contributed by atoms with van der Waals surface area (Å²) in [4.78, 5) is 22.3. The van der Waals surface area contributed by atoms with Gasteiger partial charge < -0.3 is 4.79 Å². The number of ketones is 1. The highest BCUT2D eigenvalue weighted by Crippen LogP contribution is 2.33. The van der Waals surface area contributed by atoms with Crippen molar-refractivity contribution >= 4 is 41.1 Å². The molecule has 1 aliphatic rings. The van der Waals surface area contributed by atoms with Crippen LogP contribution in [0.2, 0.25) is 5.02 Å². The number of Topliss-reactive ketones (excluding diaryl/α,β-unsaturated/α-hetero) is 1. The lowest BCUT2D eigenvalue weighted by molar-refractivity contribution is -0.108. The summed E-state index contributed by atoms with van der Waals surface area (Å²) >= 11 is 11.7. The number of rotatable bonds is 1. The number of fused-ring (bicyclic) bond motifs is 1. The molecule has 3 nitrogen and oxygen atoms in total. The van der Waals surface area contributed by atoms with E-state index in [4.69, 9.17) is 23.4 Å². The summed E-state index contributed by atoms with van der Waals surface area (Å²) in [7, 11) is 0. The monoisotopic (exact) mass is 243 g/mol. The van der Waals surface area contributed by atoms with Gasteiger partial charge in [0.1, 0.15) is 12.3 Å². The van der Waals surface area contributed by atoms with Crippen LogP contribution in [0.1, 0.15) is 16.8 Å². The molecule has 2 rings (SSSR count). The zero-order chi connectivity index (χ0) is 11.0. The van der Waals surface area contributed by atoms with Crippen LogP contribution >= 0.6 is 23.4 Å². The molecule has 0 bridgehead atoms. The van der Waals surface area contributed by atoms with Crippen molar-refractivity contribution in [2.75, 3.05) is 4.42 Å². The number of carbonyl (C=O) groups is 2. The van der Waals surface area contributed by atoms with Gasteiger partial charge in [-0.25, -0.2) is 0 Å². The minimum Gasteiger partial charge on any atom is -0.301 e. The first-order chi connectivity index (χ1) is 7.13. The van der Waals surface area contributed by atoms with E-state index >= 15 is 0 Å². The average molecular weight is 244 g/mol. The molecule has 78 valence electrons. The van der Waals surface area contributed by atoms with Gasteiger partial charge >= 0.3 is 0 Å². The fourth-order valence-electron chi connectivity index (χ4n) is 1.58. The van der Waals surface area contributed by atoms with Gasteiger partial charge in [0.05, 0.1) is 5.69 Å². The predicted molar refractivity (Wildman–Crippen MR) is 58.6 cm³/mol. The van der Waals surface area contributed by atoms with Gasteiger partial charge in [-0.3, -0.25) is 9.21 Å². The van der Waals surface area contributed by atoms with Crippen molar-refractivity contribution in [1.82, 2.24) is 0 Å². The molecule has 0 aromatic heterocycles. The lowest BCUT2D eigenvalue weighted by Gasteiger charge is -2.28. The molecule has 0 fully saturated rings. The Morgan fingerprint density at radius 3 is 2.87 bits per heavy atom. The Hall–Kier alpha value is -1.06. The highest BCUT2D eigenvalue weighted by molar-refractivity contribution is 6.33. The van der Waals surface area contributed by atoms with E-state index < -0.39 is 6.04 Å². The topological polar surface area (TPSA) is 37.4 Å². The summed E-state index contributed by atoms with van der Waals surface area (Å²) in [5.41, 5.74) is 1.00. The van der Waals surface area contributed by atoms with Crippen LogP contribution in [0.15, 0.2) is 18.2 Å². The van der Waals surface area contributed by atoms with Crippen LogP contribution in [0, 0.1) is 0 Å². The summed E-state index contributed by atoms with van der Waals surface area (Å²) < 4.78 is 1.28. The van der Waals surface area contributed by atoms with Crippen molar-refractivity contribution < 1.29 is 9.59 Å². The number of hydrogen-bond donors (Lipinski definition) is 0. The van der Waals surface area contributed by atoms with Crippen LogP contribution in [-0.4, -0.2) is 18.1 Å². The second-order valence-electron chi connectivity index (χ2n) is 3.30. The molecule has 1 aromatic rings. The molecule has 1 aromatic carbocycles. The summed E-state index contributed by atoms with van der Waals surface area (Å²) in [5.74, 6) is -0.110. The molecule has 15 heavy (non-hydrogen) atoms. The molecule has 0 saturated carbocycles. The Morgan fingerprint density at radius 1 is 1.47 bits per heavy atom.